The van der Waals surface area contributed by atoms with Crippen molar-refractivity contribution in [3.63, 3.8) is 0 Å². The van der Waals surface area contributed by atoms with Crippen molar-refractivity contribution in [3.8, 4) is 0 Å². The number of hydrogen-bond donors (Lipinski definition) is 1. The van der Waals surface area contributed by atoms with E-state index in [4.69, 9.17) is 17.4 Å². The molecule has 0 bridgehead atoms. The number of carbonyl (C=O) groups excluding carboxylic acids is 1. The summed E-state index contributed by atoms with van der Waals surface area (Å²) in [6.07, 6.45) is 3.25. The predicted molar refractivity (Wildman–Crippen MR) is 94.3 cm³/mol. The number of carbonyl (C=O) groups is 1. The lowest BCUT2D eigenvalue weighted by Gasteiger charge is -2.05. The van der Waals surface area contributed by atoms with Crippen LogP contribution in [0.25, 0.3) is 0 Å². The third-order valence-corrected chi connectivity index (χ3v) is 5.15. The third-order valence-electron chi connectivity index (χ3n) is 3.04. The highest BCUT2D eigenvalue weighted by Gasteiger charge is 2.08. The fourth-order valence-corrected chi connectivity index (χ4v) is 3.48. The molecule has 0 aliphatic carbocycles. The van der Waals surface area contributed by atoms with E-state index in [9.17, 15) is 4.79 Å². The van der Waals surface area contributed by atoms with Gasteiger partial charge < -0.3 is 10.4 Å². The molecule has 0 atom stereocenters. The van der Waals surface area contributed by atoms with E-state index in [-0.39, 0.29) is 11.7 Å². The van der Waals surface area contributed by atoms with E-state index < -0.39 is 0 Å². The molecule has 3 aromatic rings. The van der Waals surface area contributed by atoms with Crippen molar-refractivity contribution >= 4 is 40.6 Å². The molecule has 0 saturated heterocycles. The number of nitrogens with two attached hydrogens (primary N) is 1. The van der Waals surface area contributed by atoms with Gasteiger partial charge in [-0.3, -0.25) is 4.79 Å². The predicted octanol–water partition coefficient (Wildman–Crippen LogP) is 1.78. The lowest BCUT2D eigenvalue weighted by Crippen LogP contribution is -2.18. The van der Waals surface area contributed by atoms with Gasteiger partial charge >= 0.3 is 0 Å². The average molecular weight is 381 g/mol. The fourth-order valence-electron chi connectivity index (χ4n) is 1.92. The average Bonchev–Trinajstić information content (AvgIpc) is 3.17. The van der Waals surface area contributed by atoms with Gasteiger partial charge in [0.2, 0.25) is 5.16 Å². The van der Waals surface area contributed by atoms with E-state index in [1.165, 1.54) is 34.1 Å². The summed E-state index contributed by atoms with van der Waals surface area (Å²) in [7, 11) is 0. The molecule has 0 aliphatic heterocycles. The minimum Gasteiger partial charge on any atom is -0.336 e. The molecule has 10 heteroatoms. The van der Waals surface area contributed by atoms with Gasteiger partial charge in [0, 0.05) is 16.6 Å². The Bertz CT molecular complexity index is 916. The second-order valence-electron chi connectivity index (χ2n) is 4.72. The largest absolute Gasteiger partial charge is 0.336 e. The first-order chi connectivity index (χ1) is 11.6. The Balaban J connectivity index is 1.72. The summed E-state index contributed by atoms with van der Waals surface area (Å²) in [5.41, 5.74) is 0.970. The zero-order valence-electron chi connectivity index (χ0n) is 12.4. The number of nitrogen functional groups attached to an aromatic ring is 1. The van der Waals surface area contributed by atoms with Crippen molar-refractivity contribution in [2.24, 2.45) is 4.99 Å². The highest BCUT2D eigenvalue weighted by atomic mass is 35.5. The van der Waals surface area contributed by atoms with Crippen LogP contribution in [-0.4, -0.2) is 31.1 Å². The van der Waals surface area contributed by atoms with Gasteiger partial charge in [-0.05, 0) is 11.6 Å². The number of halogens is 1. The number of aromatic nitrogens is 4. The Kier molecular flexibility index (Phi) is 5.34. The van der Waals surface area contributed by atoms with E-state index >= 15 is 0 Å². The van der Waals surface area contributed by atoms with Gasteiger partial charge in [-0.15, -0.1) is 21.5 Å². The van der Waals surface area contributed by atoms with Crippen LogP contribution in [0.2, 0.25) is 5.02 Å². The monoisotopic (exact) mass is 380 g/mol. The van der Waals surface area contributed by atoms with Crippen molar-refractivity contribution in [2.75, 3.05) is 11.6 Å². The van der Waals surface area contributed by atoms with Gasteiger partial charge in [-0.2, -0.15) is 4.99 Å². The molecule has 2 aromatic heterocycles. The van der Waals surface area contributed by atoms with E-state index in [0.717, 1.165) is 5.56 Å². The Morgan fingerprint density at radius 1 is 1.42 bits per heavy atom. The van der Waals surface area contributed by atoms with Crippen LogP contribution in [-0.2, 0) is 11.3 Å². The van der Waals surface area contributed by atoms with E-state index in [0.29, 0.717) is 21.5 Å². The summed E-state index contributed by atoms with van der Waals surface area (Å²) in [6.45, 7) is 0.555. The second-order valence-corrected chi connectivity index (χ2v) is 6.94. The molecule has 24 heavy (non-hydrogen) atoms. The molecule has 124 valence electrons. The lowest BCUT2D eigenvalue weighted by molar-refractivity contribution is -0.115. The number of nitrogens with zero attached hydrogens (tertiary/aromatic N) is 5. The van der Waals surface area contributed by atoms with Crippen LogP contribution in [0.4, 0.5) is 0 Å². The molecular weight excluding hydrogens is 368 g/mol. The SMILES string of the molecule is Nn1cnnc1SCC(=O)N=c1sccn1Cc1ccccc1Cl. The number of thioether (sulfide) groups is 1. The fraction of sp³-hybridized carbons (Fsp3) is 0.143. The topological polar surface area (TPSA) is 91.1 Å². The van der Waals surface area contributed by atoms with Crippen LogP contribution in [0.15, 0.2) is 52.3 Å². The van der Waals surface area contributed by atoms with Crippen LogP contribution in [0.1, 0.15) is 5.56 Å². The van der Waals surface area contributed by atoms with Crippen LogP contribution in [0.3, 0.4) is 0 Å². The molecule has 2 heterocycles. The summed E-state index contributed by atoms with van der Waals surface area (Å²) in [4.78, 5) is 16.8. The Hall–Kier alpha value is -2.10. The molecule has 7 nitrogen and oxygen atoms in total. The summed E-state index contributed by atoms with van der Waals surface area (Å²) in [5, 5.41) is 10.5. The van der Waals surface area contributed by atoms with Crippen LogP contribution in [0, 0.1) is 0 Å². The Morgan fingerprint density at radius 3 is 3.00 bits per heavy atom. The van der Waals surface area contributed by atoms with E-state index in [1.54, 1.807) is 0 Å². The number of rotatable bonds is 5. The minimum atomic E-state index is -0.265. The molecule has 3 rings (SSSR count). The highest BCUT2D eigenvalue weighted by molar-refractivity contribution is 7.99. The number of amides is 1. The molecule has 0 spiro atoms. The smallest absolute Gasteiger partial charge is 0.258 e. The first-order valence-corrected chi connectivity index (χ1v) is 9.10. The zero-order chi connectivity index (χ0) is 16.9. The van der Waals surface area contributed by atoms with Gasteiger partial charge in [0.15, 0.2) is 4.80 Å². The summed E-state index contributed by atoms with van der Waals surface area (Å²) in [5.74, 6) is 5.47. The van der Waals surface area contributed by atoms with Gasteiger partial charge in [0.25, 0.3) is 5.91 Å². The quantitative estimate of drug-likeness (QED) is 0.538. The molecule has 0 fully saturated rings. The van der Waals surface area contributed by atoms with Crippen molar-refractivity contribution in [2.45, 2.75) is 11.7 Å². The Morgan fingerprint density at radius 2 is 2.25 bits per heavy atom. The molecule has 2 N–H and O–H groups in total. The van der Waals surface area contributed by atoms with Crippen molar-refractivity contribution in [3.05, 3.63) is 57.6 Å². The first kappa shape index (κ1) is 16.7. The van der Waals surface area contributed by atoms with Crippen LogP contribution >= 0.6 is 34.7 Å². The van der Waals surface area contributed by atoms with Crippen molar-refractivity contribution < 1.29 is 4.79 Å². The van der Waals surface area contributed by atoms with Gasteiger partial charge in [-0.25, -0.2) is 4.68 Å². The maximum atomic E-state index is 12.1. The maximum absolute atomic E-state index is 12.1. The van der Waals surface area contributed by atoms with Crippen LogP contribution < -0.4 is 10.6 Å². The van der Waals surface area contributed by atoms with Crippen molar-refractivity contribution in [1.82, 2.24) is 19.4 Å². The molecule has 0 unspecified atom stereocenters. The third kappa shape index (κ3) is 4.05. The molecule has 0 radical (unpaired) electrons. The molecular formula is C14H13ClN6OS2. The highest BCUT2D eigenvalue weighted by Crippen LogP contribution is 2.16. The maximum Gasteiger partial charge on any atom is 0.258 e. The second kappa shape index (κ2) is 7.65. The van der Waals surface area contributed by atoms with Gasteiger partial charge in [0.05, 0.1) is 12.3 Å². The zero-order valence-corrected chi connectivity index (χ0v) is 14.8. The molecule has 0 saturated carbocycles. The normalized spacial score (nSPS) is 11.8. The molecule has 0 aliphatic rings. The van der Waals surface area contributed by atoms with E-state index in [1.807, 2.05) is 40.4 Å². The van der Waals surface area contributed by atoms with Gasteiger partial charge in [0.1, 0.15) is 6.33 Å². The van der Waals surface area contributed by atoms with E-state index in [2.05, 4.69) is 15.2 Å². The number of benzene rings is 1. The van der Waals surface area contributed by atoms with Gasteiger partial charge in [-0.1, -0.05) is 41.6 Å². The van der Waals surface area contributed by atoms with Crippen LogP contribution in [0.5, 0.6) is 0 Å². The summed E-state index contributed by atoms with van der Waals surface area (Å²) in [6, 6.07) is 7.59. The summed E-state index contributed by atoms with van der Waals surface area (Å²) < 4.78 is 3.15. The first-order valence-electron chi connectivity index (χ1n) is 6.86. The Labute approximate surface area is 150 Å². The number of thiazole rings is 1. The van der Waals surface area contributed by atoms with Crippen molar-refractivity contribution in [1.29, 1.82) is 0 Å². The minimum absolute atomic E-state index is 0.139. The molecule has 1 aromatic carbocycles. The number of hydrogen-bond acceptors (Lipinski definition) is 6. The lowest BCUT2D eigenvalue weighted by atomic mass is 10.2. The standard InChI is InChI=1S/C14H13ClN6OS2/c15-11-4-2-1-3-10(11)7-20-5-6-23-13(20)18-12(22)8-24-14-19-17-9-21(14)16/h1-6,9H,7-8,16H2. The molecule has 1 amide bonds. The summed E-state index contributed by atoms with van der Waals surface area (Å²) >= 11 is 8.77.